The van der Waals surface area contributed by atoms with E-state index in [1.54, 1.807) is 0 Å². The summed E-state index contributed by atoms with van der Waals surface area (Å²) in [4.78, 5) is 11.7. The minimum atomic E-state index is 0.192. The third kappa shape index (κ3) is 4.52. The molecule has 0 radical (unpaired) electrons. The predicted octanol–water partition coefficient (Wildman–Crippen LogP) is 1.91. The van der Waals surface area contributed by atoms with Gasteiger partial charge in [-0.2, -0.15) is 0 Å². The van der Waals surface area contributed by atoms with Gasteiger partial charge in [0.05, 0.1) is 0 Å². The fourth-order valence-corrected chi connectivity index (χ4v) is 2.33. The number of nitrogens with one attached hydrogen (secondary N) is 1. The zero-order valence-electron chi connectivity index (χ0n) is 10.8. The summed E-state index contributed by atoms with van der Waals surface area (Å²) in [7, 11) is 0. The zero-order valence-corrected chi connectivity index (χ0v) is 10.8. The van der Waals surface area contributed by atoms with E-state index in [-0.39, 0.29) is 5.91 Å². The minimum absolute atomic E-state index is 0.192. The first-order valence-electron chi connectivity index (χ1n) is 6.56. The summed E-state index contributed by atoms with van der Waals surface area (Å²) in [6.45, 7) is 7.15. The summed E-state index contributed by atoms with van der Waals surface area (Å²) >= 11 is 0. The molecule has 1 fully saturated rings. The second-order valence-corrected chi connectivity index (χ2v) is 5.51. The van der Waals surface area contributed by atoms with Crippen LogP contribution >= 0.6 is 0 Å². The van der Waals surface area contributed by atoms with E-state index in [0.717, 1.165) is 12.3 Å². The summed E-state index contributed by atoms with van der Waals surface area (Å²) in [5.41, 5.74) is 5.69. The smallest absolute Gasteiger partial charge is 0.220 e. The molecule has 94 valence electrons. The molecule has 0 aromatic rings. The Morgan fingerprint density at radius 2 is 2.19 bits per heavy atom. The fraction of sp³-hybridized carbons (Fsp3) is 0.923. The number of hydrogen-bond donors (Lipinski definition) is 2. The lowest BCUT2D eigenvalue weighted by Gasteiger charge is -2.16. The molecule has 0 heterocycles. The minimum Gasteiger partial charge on any atom is -0.353 e. The van der Waals surface area contributed by atoms with Crippen LogP contribution in [-0.4, -0.2) is 18.5 Å². The molecular formula is C13H26N2O. The molecule has 3 nitrogen and oxygen atoms in total. The van der Waals surface area contributed by atoms with E-state index in [4.69, 9.17) is 5.73 Å². The highest BCUT2D eigenvalue weighted by Gasteiger charge is 2.36. The van der Waals surface area contributed by atoms with Crippen LogP contribution < -0.4 is 11.1 Å². The Kier molecular flexibility index (Phi) is 5.26. The molecule has 0 aliphatic heterocycles. The molecule has 0 aromatic heterocycles. The van der Waals surface area contributed by atoms with Crippen molar-refractivity contribution in [1.29, 1.82) is 0 Å². The quantitative estimate of drug-likeness (QED) is 0.697. The molecule has 3 atom stereocenters. The molecule has 16 heavy (non-hydrogen) atoms. The highest BCUT2D eigenvalue weighted by Crippen LogP contribution is 2.33. The Labute approximate surface area is 99.2 Å². The van der Waals surface area contributed by atoms with Crippen LogP contribution in [0.2, 0.25) is 0 Å². The monoisotopic (exact) mass is 226 g/mol. The number of amides is 1. The van der Waals surface area contributed by atoms with Crippen molar-refractivity contribution in [3.63, 3.8) is 0 Å². The molecule has 3 heteroatoms. The zero-order chi connectivity index (χ0) is 12.1. The molecule has 0 bridgehead atoms. The molecule has 1 rings (SSSR count). The number of carbonyl (C=O) groups is 1. The number of nitrogens with two attached hydrogens (primary N) is 1. The standard InChI is InChI=1S/C13H26N2O/c1-4-11-7-12(11)15-13(16)6-10(8-14)5-9(2)3/h9-12H,4-8,14H2,1-3H3,(H,15,16). The number of carbonyl (C=O) groups excluding carboxylic acids is 1. The summed E-state index contributed by atoms with van der Waals surface area (Å²) in [6.07, 6.45) is 3.99. The van der Waals surface area contributed by atoms with Gasteiger partial charge in [0.15, 0.2) is 0 Å². The Balaban J connectivity index is 2.21. The second kappa shape index (κ2) is 6.24. The predicted molar refractivity (Wildman–Crippen MR) is 66.9 cm³/mol. The molecular weight excluding hydrogens is 200 g/mol. The van der Waals surface area contributed by atoms with Crippen molar-refractivity contribution < 1.29 is 4.79 Å². The largest absolute Gasteiger partial charge is 0.353 e. The molecule has 0 spiro atoms. The van der Waals surface area contributed by atoms with Crippen molar-refractivity contribution >= 4 is 5.91 Å². The second-order valence-electron chi connectivity index (χ2n) is 5.51. The van der Waals surface area contributed by atoms with Gasteiger partial charge in [0.2, 0.25) is 5.91 Å². The van der Waals surface area contributed by atoms with Crippen molar-refractivity contribution in [3.05, 3.63) is 0 Å². The summed E-state index contributed by atoms with van der Waals surface area (Å²) in [5, 5.41) is 3.10. The highest BCUT2D eigenvalue weighted by molar-refractivity contribution is 5.76. The SMILES string of the molecule is CCC1CC1NC(=O)CC(CN)CC(C)C. The van der Waals surface area contributed by atoms with Gasteiger partial charge < -0.3 is 11.1 Å². The van der Waals surface area contributed by atoms with E-state index >= 15 is 0 Å². The van der Waals surface area contributed by atoms with Crippen LogP contribution in [0.3, 0.4) is 0 Å². The highest BCUT2D eigenvalue weighted by atomic mass is 16.1. The van der Waals surface area contributed by atoms with E-state index < -0.39 is 0 Å². The van der Waals surface area contributed by atoms with Crippen LogP contribution in [0.15, 0.2) is 0 Å². The van der Waals surface area contributed by atoms with Crippen molar-refractivity contribution in [2.75, 3.05) is 6.54 Å². The van der Waals surface area contributed by atoms with E-state index in [1.165, 1.54) is 12.8 Å². The lowest BCUT2D eigenvalue weighted by atomic mass is 9.94. The summed E-state index contributed by atoms with van der Waals surface area (Å²) in [5.74, 6) is 1.88. The van der Waals surface area contributed by atoms with Crippen LogP contribution in [0, 0.1) is 17.8 Å². The van der Waals surface area contributed by atoms with E-state index in [1.807, 2.05) is 0 Å². The van der Waals surface area contributed by atoms with Gasteiger partial charge in [0.25, 0.3) is 0 Å². The summed E-state index contributed by atoms with van der Waals surface area (Å²) in [6, 6.07) is 0.454. The maximum Gasteiger partial charge on any atom is 0.220 e. The maximum atomic E-state index is 11.7. The van der Waals surface area contributed by atoms with Gasteiger partial charge in [-0.15, -0.1) is 0 Å². The van der Waals surface area contributed by atoms with Gasteiger partial charge >= 0.3 is 0 Å². The van der Waals surface area contributed by atoms with Crippen molar-refractivity contribution in [2.24, 2.45) is 23.5 Å². The third-order valence-electron chi connectivity index (χ3n) is 3.41. The Morgan fingerprint density at radius 3 is 2.62 bits per heavy atom. The van der Waals surface area contributed by atoms with Crippen LogP contribution in [0.25, 0.3) is 0 Å². The average Bonchev–Trinajstić information content (AvgIpc) is 2.94. The van der Waals surface area contributed by atoms with E-state index in [2.05, 4.69) is 26.1 Å². The van der Waals surface area contributed by atoms with Crippen molar-refractivity contribution in [2.45, 2.75) is 52.5 Å². The van der Waals surface area contributed by atoms with Crippen molar-refractivity contribution in [1.82, 2.24) is 5.32 Å². The number of hydrogen-bond acceptors (Lipinski definition) is 2. The van der Waals surface area contributed by atoms with Gasteiger partial charge in [-0.3, -0.25) is 4.79 Å². The Morgan fingerprint density at radius 1 is 1.50 bits per heavy atom. The molecule has 3 N–H and O–H groups in total. The maximum absolute atomic E-state index is 11.7. The third-order valence-corrected chi connectivity index (χ3v) is 3.41. The van der Waals surface area contributed by atoms with Gasteiger partial charge in [-0.25, -0.2) is 0 Å². The van der Waals surface area contributed by atoms with Gasteiger partial charge in [0, 0.05) is 12.5 Å². The van der Waals surface area contributed by atoms with Crippen LogP contribution in [0.5, 0.6) is 0 Å². The lowest BCUT2D eigenvalue weighted by Crippen LogP contribution is -2.31. The number of rotatable bonds is 7. The normalized spacial score (nSPS) is 25.6. The Hall–Kier alpha value is -0.570. The van der Waals surface area contributed by atoms with Crippen molar-refractivity contribution in [3.8, 4) is 0 Å². The topological polar surface area (TPSA) is 55.1 Å². The van der Waals surface area contributed by atoms with Crippen LogP contribution in [0.1, 0.15) is 46.5 Å². The average molecular weight is 226 g/mol. The van der Waals surface area contributed by atoms with Crippen LogP contribution in [-0.2, 0) is 4.79 Å². The van der Waals surface area contributed by atoms with Gasteiger partial charge in [-0.05, 0) is 37.1 Å². The lowest BCUT2D eigenvalue weighted by molar-refractivity contribution is -0.122. The molecule has 1 aliphatic rings. The van der Waals surface area contributed by atoms with E-state index in [0.29, 0.717) is 30.8 Å². The van der Waals surface area contributed by atoms with E-state index in [9.17, 15) is 4.79 Å². The molecule has 3 unspecified atom stereocenters. The Bertz CT molecular complexity index is 228. The molecule has 1 amide bonds. The first-order chi connectivity index (χ1) is 7.56. The molecule has 0 aromatic carbocycles. The van der Waals surface area contributed by atoms with Gasteiger partial charge in [-0.1, -0.05) is 27.2 Å². The van der Waals surface area contributed by atoms with Gasteiger partial charge in [0.1, 0.15) is 0 Å². The summed E-state index contributed by atoms with van der Waals surface area (Å²) < 4.78 is 0. The molecule has 1 aliphatic carbocycles. The molecule has 0 saturated heterocycles. The first-order valence-corrected chi connectivity index (χ1v) is 6.56. The van der Waals surface area contributed by atoms with Crippen LogP contribution in [0.4, 0.5) is 0 Å². The molecule has 1 saturated carbocycles. The fourth-order valence-electron chi connectivity index (χ4n) is 2.33. The first kappa shape index (κ1) is 13.5.